The van der Waals surface area contributed by atoms with Crippen molar-refractivity contribution >= 4 is 17.8 Å². The third kappa shape index (κ3) is 6.06. The lowest BCUT2D eigenvalue weighted by molar-refractivity contribution is -0.117. The van der Waals surface area contributed by atoms with Crippen molar-refractivity contribution in [3.05, 3.63) is 102 Å². The monoisotopic (exact) mass is 482 g/mol. The first-order valence-corrected chi connectivity index (χ1v) is 11.8. The summed E-state index contributed by atoms with van der Waals surface area (Å²) in [5.41, 5.74) is 5.23. The Labute approximate surface area is 211 Å². The zero-order valence-corrected chi connectivity index (χ0v) is 20.8. The Morgan fingerprint density at radius 1 is 0.944 bits per heavy atom. The molecule has 36 heavy (non-hydrogen) atoms. The summed E-state index contributed by atoms with van der Waals surface area (Å²) < 4.78 is 7.03. The predicted molar refractivity (Wildman–Crippen MR) is 141 cm³/mol. The molecule has 2 amide bonds. The van der Waals surface area contributed by atoms with Gasteiger partial charge in [-0.25, -0.2) is 4.98 Å². The molecular weight excluding hydrogens is 452 g/mol. The Kier molecular flexibility index (Phi) is 7.92. The quantitative estimate of drug-likeness (QED) is 0.369. The van der Waals surface area contributed by atoms with Crippen LogP contribution < -0.4 is 5.32 Å². The summed E-state index contributed by atoms with van der Waals surface area (Å²) in [5.74, 6) is -0.182. The second kappa shape index (κ2) is 11.5. The van der Waals surface area contributed by atoms with Crippen LogP contribution in [0.4, 0.5) is 5.95 Å². The average molecular weight is 483 g/mol. The molecule has 0 radical (unpaired) electrons. The molecule has 0 unspecified atom stereocenters. The molecule has 4 rings (SSSR count). The summed E-state index contributed by atoms with van der Waals surface area (Å²) in [7, 11) is 1.57. The number of hydrogen-bond acceptors (Lipinski definition) is 4. The van der Waals surface area contributed by atoms with E-state index in [1.54, 1.807) is 19.2 Å². The molecule has 1 heterocycles. The fraction of sp³-hybridized carbons (Fsp3) is 0.207. The fourth-order valence-corrected chi connectivity index (χ4v) is 3.86. The lowest BCUT2D eigenvalue weighted by Crippen LogP contribution is -2.40. The van der Waals surface area contributed by atoms with Crippen molar-refractivity contribution in [1.29, 1.82) is 0 Å². The van der Waals surface area contributed by atoms with Gasteiger partial charge in [0, 0.05) is 36.7 Å². The van der Waals surface area contributed by atoms with Crippen LogP contribution in [0.15, 0.2) is 85.1 Å². The number of aryl methyl sites for hydroxylation is 2. The van der Waals surface area contributed by atoms with Crippen molar-refractivity contribution in [2.75, 3.05) is 32.1 Å². The van der Waals surface area contributed by atoms with Crippen molar-refractivity contribution in [3.63, 3.8) is 0 Å². The van der Waals surface area contributed by atoms with Gasteiger partial charge in [0.25, 0.3) is 5.91 Å². The van der Waals surface area contributed by atoms with Gasteiger partial charge in [-0.3, -0.25) is 19.5 Å². The highest BCUT2D eigenvalue weighted by Gasteiger charge is 2.21. The second-order valence-electron chi connectivity index (χ2n) is 8.66. The van der Waals surface area contributed by atoms with E-state index in [9.17, 15) is 9.59 Å². The number of benzene rings is 3. The molecule has 4 aromatic rings. The van der Waals surface area contributed by atoms with E-state index >= 15 is 0 Å². The van der Waals surface area contributed by atoms with Crippen molar-refractivity contribution in [2.24, 2.45) is 0 Å². The minimum Gasteiger partial charge on any atom is -0.383 e. The van der Waals surface area contributed by atoms with Crippen molar-refractivity contribution in [1.82, 2.24) is 14.5 Å². The molecule has 0 saturated carbocycles. The van der Waals surface area contributed by atoms with Gasteiger partial charge in [0.1, 0.15) is 6.54 Å². The highest BCUT2D eigenvalue weighted by molar-refractivity contribution is 5.99. The van der Waals surface area contributed by atoms with Gasteiger partial charge < -0.3 is 9.64 Å². The molecule has 3 aromatic carbocycles. The van der Waals surface area contributed by atoms with Crippen LogP contribution in [0.25, 0.3) is 16.9 Å². The number of methoxy groups -OCH3 is 1. The van der Waals surface area contributed by atoms with E-state index < -0.39 is 0 Å². The largest absolute Gasteiger partial charge is 0.383 e. The molecule has 0 aliphatic heterocycles. The van der Waals surface area contributed by atoms with E-state index in [0.29, 0.717) is 18.1 Å². The van der Waals surface area contributed by atoms with E-state index in [1.807, 2.05) is 91.3 Å². The van der Waals surface area contributed by atoms with Crippen molar-refractivity contribution in [2.45, 2.75) is 13.8 Å². The highest BCUT2D eigenvalue weighted by atomic mass is 16.5. The summed E-state index contributed by atoms with van der Waals surface area (Å²) in [6.07, 6.45) is 1.90. The van der Waals surface area contributed by atoms with Crippen LogP contribution in [0.2, 0.25) is 0 Å². The number of carbonyl (C=O) groups is 2. The van der Waals surface area contributed by atoms with Gasteiger partial charge >= 0.3 is 0 Å². The Balaban J connectivity index is 1.60. The van der Waals surface area contributed by atoms with Gasteiger partial charge in [0.05, 0.1) is 12.3 Å². The average Bonchev–Trinajstić information content (AvgIpc) is 3.30. The molecule has 0 aliphatic carbocycles. The standard InChI is InChI=1S/C29H30N4O3/c1-21-12-14-24(15-13-21)28(35)32(16-17-36-3)20-27(34)31-29-30-26(23-9-5-4-6-10-23)19-33(29)25-11-7-8-22(2)18-25/h4-15,18-19H,16-17,20H2,1-3H3,(H,30,31,34). The number of carbonyl (C=O) groups excluding carboxylic acids is 2. The number of nitrogens with zero attached hydrogens (tertiary/aromatic N) is 3. The fourth-order valence-electron chi connectivity index (χ4n) is 3.86. The maximum absolute atomic E-state index is 13.2. The van der Waals surface area contributed by atoms with Crippen LogP contribution >= 0.6 is 0 Å². The first-order valence-electron chi connectivity index (χ1n) is 11.8. The van der Waals surface area contributed by atoms with Crippen molar-refractivity contribution in [3.8, 4) is 16.9 Å². The van der Waals surface area contributed by atoms with Crippen LogP contribution in [0.5, 0.6) is 0 Å². The smallest absolute Gasteiger partial charge is 0.254 e. The molecule has 0 fully saturated rings. The number of aromatic nitrogens is 2. The Hall–Kier alpha value is -4.23. The third-order valence-electron chi connectivity index (χ3n) is 5.79. The first kappa shape index (κ1) is 24.9. The number of ether oxygens (including phenoxy) is 1. The lowest BCUT2D eigenvalue weighted by Gasteiger charge is -2.22. The number of amides is 2. The number of rotatable bonds is 9. The molecule has 7 heteroatoms. The van der Waals surface area contributed by atoms with E-state index in [4.69, 9.17) is 9.72 Å². The summed E-state index contributed by atoms with van der Waals surface area (Å²) in [6.45, 7) is 4.46. The minimum absolute atomic E-state index is 0.128. The molecule has 0 bridgehead atoms. The molecule has 1 aromatic heterocycles. The van der Waals surface area contributed by atoms with Gasteiger partial charge in [-0.2, -0.15) is 0 Å². The third-order valence-corrected chi connectivity index (χ3v) is 5.79. The normalized spacial score (nSPS) is 10.8. The van der Waals surface area contributed by atoms with Gasteiger partial charge in [-0.1, -0.05) is 60.2 Å². The summed E-state index contributed by atoms with van der Waals surface area (Å²) in [6, 6.07) is 25.1. The zero-order chi connectivity index (χ0) is 25.5. The van der Waals surface area contributed by atoms with E-state index in [1.165, 1.54) is 4.90 Å². The maximum Gasteiger partial charge on any atom is 0.254 e. The molecule has 7 nitrogen and oxygen atoms in total. The van der Waals surface area contributed by atoms with Crippen molar-refractivity contribution < 1.29 is 14.3 Å². The molecule has 1 N–H and O–H groups in total. The van der Waals surface area contributed by atoms with Crippen LogP contribution in [0.1, 0.15) is 21.5 Å². The predicted octanol–water partition coefficient (Wildman–Crippen LogP) is 4.88. The van der Waals surface area contributed by atoms with Gasteiger partial charge in [-0.05, 0) is 43.7 Å². The molecule has 0 aliphatic rings. The Bertz CT molecular complexity index is 1330. The van der Waals surface area contributed by atoms with Crippen LogP contribution in [0.3, 0.4) is 0 Å². The minimum atomic E-state index is -0.342. The molecular formula is C29H30N4O3. The van der Waals surface area contributed by atoms with Gasteiger partial charge in [0.2, 0.25) is 11.9 Å². The number of nitrogens with one attached hydrogen (secondary N) is 1. The van der Waals surface area contributed by atoms with Crippen LogP contribution in [-0.2, 0) is 9.53 Å². The second-order valence-corrected chi connectivity index (χ2v) is 8.66. The van der Waals surface area contributed by atoms with Crippen LogP contribution in [-0.4, -0.2) is 53.1 Å². The summed E-state index contributed by atoms with van der Waals surface area (Å²) in [4.78, 5) is 32.5. The summed E-state index contributed by atoms with van der Waals surface area (Å²) >= 11 is 0. The van der Waals surface area contributed by atoms with E-state index in [0.717, 1.165) is 28.1 Å². The van der Waals surface area contributed by atoms with E-state index in [2.05, 4.69) is 5.32 Å². The zero-order valence-electron chi connectivity index (χ0n) is 20.8. The number of hydrogen-bond donors (Lipinski definition) is 1. The first-order chi connectivity index (χ1) is 17.4. The van der Waals surface area contributed by atoms with Crippen LogP contribution in [0, 0.1) is 13.8 Å². The van der Waals surface area contributed by atoms with E-state index in [-0.39, 0.29) is 24.9 Å². The Morgan fingerprint density at radius 3 is 2.39 bits per heavy atom. The molecule has 0 spiro atoms. The number of imidazole rings is 1. The molecule has 184 valence electrons. The molecule has 0 atom stereocenters. The summed E-state index contributed by atoms with van der Waals surface area (Å²) in [5, 5.41) is 2.92. The topological polar surface area (TPSA) is 76.5 Å². The molecule has 0 saturated heterocycles. The SMILES string of the molecule is COCCN(CC(=O)Nc1nc(-c2ccccc2)cn1-c1cccc(C)c1)C(=O)c1ccc(C)cc1. The van der Waals surface area contributed by atoms with Gasteiger partial charge in [-0.15, -0.1) is 0 Å². The van der Waals surface area contributed by atoms with Gasteiger partial charge in [0.15, 0.2) is 0 Å². The Morgan fingerprint density at radius 2 is 1.69 bits per heavy atom. The lowest BCUT2D eigenvalue weighted by atomic mass is 10.1. The highest BCUT2D eigenvalue weighted by Crippen LogP contribution is 2.24. The maximum atomic E-state index is 13.2. The number of anilines is 1.